The summed E-state index contributed by atoms with van der Waals surface area (Å²) in [4.78, 5) is 10.7. The van der Waals surface area contributed by atoms with Crippen LogP contribution < -0.4 is 4.74 Å². The molecule has 2 unspecified atom stereocenters. The highest BCUT2D eigenvalue weighted by molar-refractivity contribution is 5.87. The monoisotopic (exact) mass is 210 g/mol. The molecule has 0 amide bonds. The van der Waals surface area contributed by atoms with Crippen LogP contribution in [0.4, 0.5) is 0 Å². The van der Waals surface area contributed by atoms with Crippen molar-refractivity contribution in [2.45, 2.75) is 26.1 Å². The third kappa shape index (κ3) is 3.25. The number of aliphatic hydroxyl groups excluding tert-OH is 1. The summed E-state index contributed by atoms with van der Waals surface area (Å²) in [7, 11) is 0. The zero-order valence-corrected chi connectivity index (χ0v) is 8.68. The average Bonchev–Trinajstić information content (AvgIpc) is 2.18. The SMILES string of the molecule is CC(O)C(C)Oc1cccc(C(=O)O)c1. The molecular formula is C11H14O4. The first-order valence-electron chi connectivity index (χ1n) is 4.69. The fraction of sp³-hybridized carbons (Fsp3) is 0.364. The minimum absolute atomic E-state index is 0.172. The number of ether oxygens (including phenoxy) is 1. The van der Waals surface area contributed by atoms with Crippen LogP contribution in [0.25, 0.3) is 0 Å². The Kier molecular flexibility index (Phi) is 3.68. The predicted octanol–water partition coefficient (Wildman–Crippen LogP) is 1.53. The lowest BCUT2D eigenvalue weighted by Gasteiger charge is -2.17. The Hall–Kier alpha value is -1.55. The second kappa shape index (κ2) is 4.79. The summed E-state index contributed by atoms with van der Waals surface area (Å²) >= 11 is 0. The summed E-state index contributed by atoms with van der Waals surface area (Å²) in [5.41, 5.74) is 0.172. The molecule has 1 aromatic carbocycles. The number of rotatable bonds is 4. The molecule has 4 nitrogen and oxygen atoms in total. The second-order valence-electron chi connectivity index (χ2n) is 3.40. The summed E-state index contributed by atoms with van der Waals surface area (Å²) in [6.45, 7) is 3.34. The zero-order chi connectivity index (χ0) is 11.4. The Balaban J connectivity index is 2.78. The van der Waals surface area contributed by atoms with Crippen LogP contribution in [0.15, 0.2) is 24.3 Å². The van der Waals surface area contributed by atoms with Gasteiger partial charge in [0, 0.05) is 0 Å². The number of aliphatic hydroxyl groups is 1. The van der Waals surface area contributed by atoms with Gasteiger partial charge >= 0.3 is 5.97 Å². The fourth-order valence-electron chi connectivity index (χ4n) is 1.02. The lowest BCUT2D eigenvalue weighted by Crippen LogP contribution is -2.25. The van der Waals surface area contributed by atoms with Gasteiger partial charge < -0.3 is 14.9 Å². The molecule has 0 heterocycles. The van der Waals surface area contributed by atoms with E-state index in [1.54, 1.807) is 26.0 Å². The Labute approximate surface area is 88.1 Å². The fourth-order valence-corrected chi connectivity index (χ4v) is 1.02. The van der Waals surface area contributed by atoms with Crippen molar-refractivity contribution in [1.29, 1.82) is 0 Å². The van der Waals surface area contributed by atoms with E-state index in [0.29, 0.717) is 5.75 Å². The second-order valence-corrected chi connectivity index (χ2v) is 3.40. The van der Waals surface area contributed by atoms with E-state index in [2.05, 4.69) is 0 Å². The van der Waals surface area contributed by atoms with Gasteiger partial charge in [-0.1, -0.05) is 6.07 Å². The topological polar surface area (TPSA) is 66.8 Å². The summed E-state index contributed by atoms with van der Waals surface area (Å²) < 4.78 is 5.35. The molecule has 0 fully saturated rings. The van der Waals surface area contributed by atoms with Crippen LogP contribution in [0.5, 0.6) is 5.75 Å². The van der Waals surface area contributed by atoms with Crippen LogP contribution >= 0.6 is 0 Å². The highest BCUT2D eigenvalue weighted by Gasteiger charge is 2.11. The normalized spacial score (nSPS) is 14.3. The van der Waals surface area contributed by atoms with Crippen LogP contribution in [0.1, 0.15) is 24.2 Å². The molecule has 0 aromatic heterocycles. The van der Waals surface area contributed by atoms with Crippen LogP contribution in [-0.4, -0.2) is 28.4 Å². The van der Waals surface area contributed by atoms with Crippen molar-refractivity contribution in [2.24, 2.45) is 0 Å². The number of benzene rings is 1. The van der Waals surface area contributed by atoms with Crippen LogP contribution in [-0.2, 0) is 0 Å². The minimum atomic E-state index is -0.995. The Bertz CT molecular complexity index is 346. The number of hydrogen-bond donors (Lipinski definition) is 2. The number of carbonyl (C=O) groups is 1. The summed E-state index contributed by atoms with van der Waals surface area (Å²) in [6.07, 6.45) is -0.965. The Morgan fingerprint density at radius 1 is 1.40 bits per heavy atom. The third-order valence-corrected chi connectivity index (χ3v) is 2.08. The van der Waals surface area contributed by atoms with E-state index < -0.39 is 12.1 Å². The van der Waals surface area contributed by atoms with Gasteiger partial charge in [-0.15, -0.1) is 0 Å². The van der Waals surface area contributed by atoms with E-state index in [-0.39, 0.29) is 11.7 Å². The molecule has 0 spiro atoms. The molecule has 15 heavy (non-hydrogen) atoms. The number of carboxylic acid groups (broad SMARTS) is 1. The van der Waals surface area contributed by atoms with Gasteiger partial charge in [0.05, 0.1) is 11.7 Å². The largest absolute Gasteiger partial charge is 0.488 e. The predicted molar refractivity (Wildman–Crippen MR) is 55.2 cm³/mol. The Morgan fingerprint density at radius 3 is 2.60 bits per heavy atom. The number of hydrogen-bond acceptors (Lipinski definition) is 3. The molecule has 0 aliphatic carbocycles. The molecule has 1 aromatic rings. The highest BCUT2D eigenvalue weighted by Crippen LogP contribution is 2.15. The summed E-state index contributed by atoms with van der Waals surface area (Å²) in [5.74, 6) is -0.548. The van der Waals surface area contributed by atoms with Crippen molar-refractivity contribution in [3.05, 3.63) is 29.8 Å². The van der Waals surface area contributed by atoms with Gasteiger partial charge in [0.2, 0.25) is 0 Å². The first-order valence-corrected chi connectivity index (χ1v) is 4.69. The van der Waals surface area contributed by atoms with Gasteiger partial charge in [0.1, 0.15) is 11.9 Å². The zero-order valence-electron chi connectivity index (χ0n) is 8.68. The van der Waals surface area contributed by atoms with Crippen molar-refractivity contribution < 1.29 is 19.7 Å². The molecule has 0 aliphatic heterocycles. The van der Waals surface area contributed by atoms with E-state index in [0.717, 1.165) is 0 Å². The molecule has 82 valence electrons. The van der Waals surface area contributed by atoms with E-state index >= 15 is 0 Å². The molecule has 1 rings (SSSR count). The number of carboxylic acids is 1. The lowest BCUT2D eigenvalue weighted by molar-refractivity contribution is 0.0600. The molecule has 0 bridgehead atoms. The van der Waals surface area contributed by atoms with E-state index in [9.17, 15) is 9.90 Å². The maximum Gasteiger partial charge on any atom is 0.335 e. The van der Waals surface area contributed by atoms with Gasteiger partial charge in [-0.2, -0.15) is 0 Å². The quantitative estimate of drug-likeness (QED) is 0.790. The molecule has 0 saturated carbocycles. The van der Waals surface area contributed by atoms with E-state index in [1.165, 1.54) is 12.1 Å². The molecule has 2 atom stereocenters. The van der Waals surface area contributed by atoms with Gasteiger partial charge in [0.15, 0.2) is 0 Å². The van der Waals surface area contributed by atoms with Crippen LogP contribution in [0.2, 0.25) is 0 Å². The minimum Gasteiger partial charge on any atom is -0.488 e. The molecule has 0 saturated heterocycles. The van der Waals surface area contributed by atoms with Crippen molar-refractivity contribution in [3.8, 4) is 5.75 Å². The first kappa shape index (κ1) is 11.5. The van der Waals surface area contributed by atoms with E-state index in [4.69, 9.17) is 9.84 Å². The van der Waals surface area contributed by atoms with Gasteiger partial charge in [0.25, 0.3) is 0 Å². The van der Waals surface area contributed by atoms with Crippen LogP contribution in [0, 0.1) is 0 Å². The van der Waals surface area contributed by atoms with E-state index in [1.807, 2.05) is 0 Å². The summed E-state index contributed by atoms with van der Waals surface area (Å²) in [6, 6.07) is 6.18. The van der Waals surface area contributed by atoms with Crippen molar-refractivity contribution >= 4 is 5.97 Å². The highest BCUT2D eigenvalue weighted by atomic mass is 16.5. The number of aromatic carboxylic acids is 1. The molecule has 2 N–H and O–H groups in total. The summed E-state index contributed by atoms with van der Waals surface area (Å²) in [5, 5.41) is 18.0. The molecule has 0 radical (unpaired) electrons. The van der Waals surface area contributed by atoms with Crippen molar-refractivity contribution in [1.82, 2.24) is 0 Å². The Morgan fingerprint density at radius 2 is 2.07 bits per heavy atom. The standard InChI is InChI=1S/C11H14O4/c1-7(12)8(2)15-10-5-3-4-9(6-10)11(13)14/h3-8,12H,1-2H3,(H,13,14). The van der Waals surface area contributed by atoms with Gasteiger partial charge in [-0.05, 0) is 32.0 Å². The maximum absolute atomic E-state index is 10.7. The third-order valence-electron chi connectivity index (χ3n) is 2.08. The lowest BCUT2D eigenvalue weighted by atomic mass is 10.2. The smallest absolute Gasteiger partial charge is 0.335 e. The van der Waals surface area contributed by atoms with Crippen molar-refractivity contribution in [3.63, 3.8) is 0 Å². The van der Waals surface area contributed by atoms with Gasteiger partial charge in [-0.25, -0.2) is 4.79 Å². The van der Waals surface area contributed by atoms with Gasteiger partial charge in [-0.3, -0.25) is 0 Å². The molecular weight excluding hydrogens is 196 g/mol. The van der Waals surface area contributed by atoms with Crippen LogP contribution in [0.3, 0.4) is 0 Å². The maximum atomic E-state index is 10.7. The molecule has 0 aliphatic rings. The first-order chi connectivity index (χ1) is 7.00. The van der Waals surface area contributed by atoms with Crippen molar-refractivity contribution in [2.75, 3.05) is 0 Å². The molecule has 4 heteroatoms. The average molecular weight is 210 g/mol.